The van der Waals surface area contributed by atoms with Crippen LogP contribution in [0.3, 0.4) is 0 Å². The second kappa shape index (κ2) is 8.82. The fourth-order valence-corrected chi connectivity index (χ4v) is 2.47. The van der Waals surface area contributed by atoms with Crippen LogP contribution in [0, 0.1) is 0 Å². The number of hydrogen-bond acceptors (Lipinski definition) is 4. The number of rotatable bonds is 4. The molecule has 0 saturated carbocycles. The van der Waals surface area contributed by atoms with Crippen molar-refractivity contribution in [3.8, 4) is 5.75 Å². The minimum atomic E-state index is -3.77. The first-order valence-electron chi connectivity index (χ1n) is 6.37. The summed E-state index contributed by atoms with van der Waals surface area (Å²) in [6.07, 6.45) is 1.10. The largest absolute Gasteiger partial charge is 0.435 e. The lowest BCUT2D eigenvalue weighted by atomic mass is 10.3. The van der Waals surface area contributed by atoms with Crippen LogP contribution >= 0.6 is 7.60 Å². The van der Waals surface area contributed by atoms with Gasteiger partial charge in [0.15, 0.2) is 0 Å². The molecule has 0 aliphatic carbocycles. The van der Waals surface area contributed by atoms with Crippen LogP contribution in [0.1, 0.15) is 6.92 Å². The molecule has 2 aromatic rings. The summed E-state index contributed by atoms with van der Waals surface area (Å²) >= 11 is 0. The number of carbonyl (C=O) groups excluding carboxylic acids is 1. The van der Waals surface area contributed by atoms with Gasteiger partial charge in [0.2, 0.25) is 0 Å². The second-order valence-electron chi connectivity index (χ2n) is 4.04. The molecule has 0 bridgehead atoms. The van der Waals surface area contributed by atoms with Crippen LogP contribution in [-0.4, -0.2) is 10.9 Å². The highest BCUT2D eigenvalue weighted by Gasteiger charge is 2.23. The van der Waals surface area contributed by atoms with Gasteiger partial charge in [0.25, 0.3) is 0 Å². The zero-order valence-corrected chi connectivity index (χ0v) is 13.0. The molecule has 0 saturated heterocycles. The van der Waals surface area contributed by atoms with E-state index >= 15 is 0 Å². The van der Waals surface area contributed by atoms with E-state index < -0.39 is 7.60 Å². The number of carbonyl (C=O) groups is 1. The van der Waals surface area contributed by atoms with Crippen LogP contribution < -0.4 is 9.83 Å². The molecule has 0 aromatic heterocycles. The zero-order valence-electron chi connectivity index (χ0n) is 12.1. The summed E-state index contributed by atoms with van der Waals surface area (Å²) in [4.78, 5) is 19.5. The predicted octanol–water partition coefficient (Wildman–Crippen LogP) is 3.27. The minimum Gasteiger partial charge on any atom is -0.435 e. The van der Waals surface area contributed by atoms with Crippen molar-refractivity contribution in [2.45, 2.75) is 6.92 Å². The highest BCUT2D eigenvalue weighted by atomic mass is 31.2. The molecular weight excluding hydrogens is 303 g/mol. The molecule has 0 radical (unpaired) electrons. The molecule has 6 heteroatoms. The summed E-state index contributed by atoms with van der Waals surface area (Å²) in [6.45, 7) is 4.48. The predicted molar refractivity (Wildman–Crippen MR) is 84.9 cm³/mol. The fraction of sp³-hybridized carbons (Fsp3) is 0.0625. The average Bonchev–Trinajstić information content (AvgIpc) is 2.49. The van der Waals surface area contributed by atoms with Gasteiger partial charge in [-0.2, -0.15) is 0 Å². The van der Waals surface area contributed by atoms with Gasteiger partial charge in [0.1, 0.15) is 5.75 Å². The Hall–Kier alpha value is -2.36. The Morgan fingerprint density at radius 3 is 2.00 bits per heavy atom. The maximum absolute atomic E-state index is 11.9. The zero-order chi connectivity index (χ0) is 16.4. The van der Waals surface area contributed by atoms with Gasteiger partial charge < -0.3 is 14.2 Å². The molecule has 1 atom stereocenters. The third-order valence-corrected chi connectivity index (χ3v) is 3.71. The molecule has 1 unspecified atom stereocenters. The van der Waals surface area contributed by atoms with E-state index in [0.717, 1.165) is 6.26 Å². The molecule has 0 heterocycles. The number of ether oxygens (including phenoxy) is 1. The third-order valence-electron chi connectivity index (χ3n) is 2.30. The summed E-state index contributed by atoms with van der Waals surface area (Å²) in [5.41, 5.74) is 0. The Morgan fingerprint density at radius 2 is 1.59 bits per heavy atom. The maximum Gasteiger partial charge on any atom is 0.408 e. The quantitative estimate of drug-likeness (QED) is 0.532. The normalized spacial score (nSPS) is 12.1. The van der Waals surface area contributed by atoms with Gasteiger partial charge in [-0.25, -0.2) is 4.57 Å². The van der Waals surface area contributed by atoms with Gasteiger partial charge in [0, 0.05) is 6.92 Å². The van der Waals surface area contributed by atoms with Gasteiger partial charge in [-0.05, 0) is 24.3 Å². The van der Waals surface area contributed by atoms with E-state index in [1.807, 2.05) is 6.07 Å². The van der Waals surface area contributed by atoms with Crippen molar-refractivity contribution in [3.05, 3.63) is 73.5 Å². The van der Waals surface area contributed by atoms with Crippen molar-refractivity contribution in [3.63, 3.8) is 0 Å². The van der Waals surface area contributed by atoms with Crippen molar-refractivity contribution < 1.29 is 23.5 Å². The average molecular weight is 320 g/mol. The van der Waals surface area contributed by atoms with E-state index in [-0.39, 0.29) is 5.97 Å². The molecule has 2 rings (SSSR count). The maximum atomic E-state index is 11.9. The lowest BCUT2D eigenvalue weighted by Crippen LogP contribution is -2.08. The van der Waals surface area contributed by atoms with E-state index in [2.05, 4.69) is 11.3 Å². The molecule has 0 aliphatic rings. The van der Waals surface area contributed by atoms with E-state index in [0.29, 0.717) is 11.1 Å². The highest BCUT2D eigenvalue weighted by molar-refractivity contribution is 7.61. The number of hydrogen-bond donors (Lipinski definition) is 1. The molecule has 116 valence electrons. The van der Waals surface area contributed by atoms with Gasteiger partial charge >= 0.3 is 13.6 Å². The summed E-state index contributed by atoms with van der Waals surface area (Å²) < 4.78 is 21.2. The minimum absolute atomic E-state index is 0.291. The third kappa shape index (κ3) is 6.39. The molecule has 0 fully saturated rings. The molecule has 1 N–H and O–H groups in total. The number of para-hydroxylation sites is 1. The Labute approximate surface area is 129 Å². The van der Waals surface area contributed by atoms with E-state index in [1.165, 1.54) is 6.92 Å². The first kappa shape index (κ1) is 17.7. The Kier molecular flexibility index (Phi) is 7.09. The summed E-state index contributed by atoms with van der Waals surface area (Å²) in [7, 11) is -3.77. The lowest BCUT2D eigenvalue weighted by Gasteiger charge is -2.12. The summed E-state index contributed by atoms with van der Waals surface area (Å²) in [5, 5.41) is 0.291. The Balaban J connectivity index is 0.000000346. The summed E-state index contributed by atoms with van der Waals surface area (Å²) in [5.74, 6) is 0.0576. The molecule has 0 aliphatic heterocycles. The van der Waals surface area contributed by atoms with Crippen LogP contribution in [0.5, 0.6) is 5.75 Å². The lowest BCUT2D eigenvalue weighted by molar-refractivity contribution is -0.135. The van der Waals surface area contributed by atoms with Gasteiger partial charge in [0.05, 0.1) is 11.6 Å². The SMILES string of the molecule is C=COC(C)=O.O=P(O)(Oc1ccccc1)c1ccccc1. The van der Waals surface area contributed by atoms with Crippen molar-refractivity contribution in [1.82, 2.24) is 0 Å². The Bertz CT molecular complexity index is 640. The standard InChI is InChI=1S/C12H11O3P.C4H6O2/c13-16(14,12-9-5-2-6-10-12)15-11-7-3-1-4-8-11;1-3-6-4(2)5/h1-10H,(H,13,14);3H,1H2,2H3. The summed E-state index contributed by atoms with van der Waals surface area (Å²) in [6, 6.07) is 16.9. The van der Waals surface area contributed by atoms with Crippen molar-refractivity contribution in [2.24, 2.45) is 0 Å². The molecule has 5 nitrogen and oxygen atoms in total. The van der Waals surface area contributed by atoms with Crippen LogP contribution in [-0.2, 0) is 14.1 Å². The monoisotopic (exact) mass is 320 g/mol. The number of benzene rings is 2. The van der Waals surface area contributed by atoms with Gasteiger partial charge in [-0.3, -0.25) is 4.79 Å². The fourth-order valence-electron chi connectivity index (χ4n) is 1.41. The molecule has 2 aromatic carbocycles. The van der Waals surface area contributed by atoms with Gasteiger partial charge in [-0.1, -0.05) is 43.0 Å². The van der Waals surface area contributed by atoms with E-state index in [4.69, 9.17) is 4.52 Å². The van der Waals surface area contributed by atoms with Crippen LogP contribution in [0.15, 0.2) is 73.5 Å². The van der Waals surface area contributed by atoms with Crippen molar-refractivity contribution in [2.75, 3.05) is 0 Å². The Morgan fingerprint density at radius 1 is 1.09 bits per heavy atom. The van der Waals surface area contributed by atoms with Crippen molar-refractivity contribution in [1.29, 1.82) is 0 Å². The highest BCUT2D eigenvalue weighted by Crippen LogP contribution is 2.41. The van der Waals surface area contributed by atoms with Gasteiger partial charge in [-0.15, -0.1) is 0 Å². The first-order valence-corrected chi connectivity index (χ1v) is 7.94. The smallest absolute Gasteiger partial charge is 0.408 e. The van der Waals surface area contributed by atoms with E-state index in [1.54, 1.807) is 54.6 Å². The molecule has 22 heavy (non-hydrogen) atoms. The first-order chi connectivity index (χ1) is 10.5. The molecule has 0 spiro atoms. The van der Waals surface area contributed by atoms with Crippen LogP contribution in [0.25, 0.3) is 0 Å². The topological polar surface area (TPSA) is 72.8 Å². The second-order valence-corrected chi connectivity index (χ2v) is 5.78. The van der Waals surface area contributed by atoms with Crippen LogP contribution in [0.2, 0.25) is 0 Å². The van der Waals surface area contributed by atoms with E-state index in [9.17, 15) is 14.3 Å². The van der Waals surface area contributed by atoms with Crippen LogP contribution in [0.4, 0.5) is 0 Å². The van der Waals surface area contributed by atoms with Crippen molar-refractivity contribution >= 4 is 18.9 Å². The number of esters is 1. The molecule has 0 amide bonds. The molecular formula is C16H17O5P.